The van der Waals surface area contributed by atoms with Crippen molar-refractivity contribution in [1.29, 1.82) is 0 Å². The molecule has 1 unspecified atom stereocenters. The van der Waals surface area contributed by atoms with Crippen LogP contribution in [0.15, 0.2) is 18.3 Å². The quantitative estimate of drug-likeness (QED) is 0.855. The number of fused-ring (bicyclic) bond motifs is 2. The maximum atomic E-state index is 6.10. The first-order valence-corrected chi connectivity index (χ1v) is 8.32. The van der Waals surface area contributed by atoms with Crippen molar-refractivity contribution >= 4 is 10.9 Å². The smallest absolute Gasteiger partial charge is 0.0486 e. The highest BCUT2D eigenvalue weighted by Gasteiger charge is 2.16. The van der Waals surface area contributed by atoms with E-state index in [0.29, 0.717) is 6.04 Å². The van der Waals surface area contributed by atoms with Gasteiger partial charge in [0.05, 0.1) is 0 Å². The van der Waals surface area contributed by atoms with Gasteiger partial charge in [-0.1, -0.05) is 13.8 Å². The van der Waals surface area contributed by atoms with Crippen LogP contribution >= 0.6 is 0 Å². The van der Waals surface area contributed by atoms with E-state index in [9.17, 15) is 0 Å². The fourth-order valence-electron chi connectivity index (χ4n) is 3.33. The van der Waals surface area contributed by atoms with Crippen LogP contribution in [0.2, 0.25) is 0 Å². The van der Waals surface area contributed by atoms with Gasteiger partial charge in [0.15, 0.2) is 0 Å². The van der Waals surface area contributed by atoms with E-state index < -0.39 is 0 Å². The predicted octanol–water partition coefficient (Wildman–Crippen LogP) is 3.32. The van der Waals surface area contributed by atoms with Crippen molar-refractivity contribution < 1.29 is 0 Å². The van der Waals surface area contributed by atoms with E-state index in [1.165, 1.54) is 34.0 Å². The average Bonchev–Trinajstić information content (AvgIpc) is 3.08. The van der Waals surface area contributed by atoms with Crippen LogP contribution in [0, 0.1) is 0 Å². The number of nitrogens with two attached hydrogens (primary N) is 1. The number of rotatable bonds is 6. The zero-order chi connectivity index (χ0) is 14.8. The third-order valence-corrected chi connectivity index (χ3v) is 4.69. The second-order valence-corrected chi connectivity index (χ2v) is 6.30. The molecule has 0 saturated carbocycles. The predicted molar refractivity (Wildman–Crippen MR) is 89.4 cm³/mol. The molecule has 3 nitrogen and oxygen atoms in total. The SMILES string of the molecule is CCCn1cc(CCC(N)CC)c2cc3c(cc21)CNC3. The standard InChI is InChI=1S/C18H27N3/c1-3-7-21-12-13(5-6-16(19)4-2)17-8-14-10-20-11-15(14)9-18(17)21/h8-9,12,16,20H,3-7,10-11,19H2,1-2H3. The van der Waals surface area contributed by atoms with Gasteiger partial charge in [0, 0.05) is 42.8 Å². The number of benzene rings is 1. The Labute approximate surface area is 127 Å². The highest BCUT2D eigenvalue weighted by molar-refractivity contribution is 5.86. The molecule has 2 aromatic rings. The minimum atomic E-state index is 0.325. The number of nitrogens with zero attached hydrogens (tertiary/aromatic N) is 1. The molecule has 21 heavy (non-hydrogen) atoms. The molecule has 1 aliphatic heterocycles. The van der Waals surface area contributed by atoms with Crippen LogP contribution in [0.4, 0.5) is 0 Å². The van der Waals surface area contributed by atoms with Crippen molar-refractivity contribution in [3.63, 3.8) is 0 Å². The van der Waals surface area contributed by atoms with Gasteiger partial charge in [0.2, 0.25) is 0 Å². The summed E-state index contributed by atoms with van der Waals surface area (Å²) in [6.45, 7) is 7.54. The summed E-state index contributed by atoms with van der Waals surface area (Å²) in [4.78, 5) is 0. The van der Waals surface area contributed by atoms with Crippen LogP contribution in [0.1, 0.15) is 49.8 Å². The molecule has 0 spiro atoms. The van der Waals surface area contributed by atoms with E-state index in [-0.39, 0.29) is 0 Å². The third kappa shape index (κ3) is 2.85. The van der Waals surface area contributed by atoms with Crippen molar-refractivity contribution in [3.05, 3.63) is 35.0 Å². The lowest BCUT2D eigenvalue weighted by Gasteiger charge is -2.07. The van der Waals surface area contributed by atoms with E-state index in [4.69, 9.17) is 5.73 Å². The molecule has 1 aromatic carbocycles. The summed E-state index contributed by atoms with van der Waals surface area (Å²) in [5.41, 5.74) is 11.9. The topological polar surface area (TPSA) is 43.0 Å². The maximum Gasteiger partial charge on any atom is 0.0486 e. The van der Waals surface area contributed by atoms with Gasteiger partial charge in [-0.15, -0.1) is 0 Å². The second kappa shape index (κ2) is 6.20. The van der Waals surface area contributed by atoms with Crippen LogP contribution < -0.4 is 11.1 Å². The Bertz CT molecular complexity index is 627. The summed E-state index contributed by atoms with van der Waals surface area (Å²) in [5, 5.41) is 4.89. The van der Waals surface area contributed by atoms with Crippen molar-refractivity contribution in [1.82, 2.24) is 9.88 Å². The largest absolute Gasteiger partial charge is 0.347 e. The molecule has 0 bridgehead atoms. The number of hydrogen-bond donors (Lipinski definition) is 2. The monoisotopic (exact) mass is 285 g/mol. The van der Waals surface area contributed by atoms with Gasteiger partial charge in [0.25, 0.3) is 0 Å². The normalized spacial score (nSPS) is 15.6. The van der Waals surface area contributed by atoms with Gasteiger partial charge < -0.3 is 15.6 Å². The Kier molecular flexibility index (Phi) is 4.32. The van der Waals surface area contributed by atoms with E-state index in [0.717, 1.165) is 38.9 Å². The summed E-state index contributed by atoms with van der Waals surface area (Å²) in [5.74, 6) is 0. The Morgan fingerprint density at radius 2 is 2.00 bits per heavy atom. The van der Waals surface area contributed by atoms with Gasteiger partial charge in [-0.2, -0.15) is 0 Å². The van der Waals surface area contributed by atoms with Gasteiger partial charge in [0.1, 0.15) is 0 Å². The lowest BCUT2D eigenvalue weighted by molar-refractivity contribution is 0.595. The van der Waals surface area contributed by atoms with Gasteiger partial charge in [-0.3, -0.25) is 0 Å². The first kappa shape index (κ1) is 14.6. The van der Waals surface area contributed by atoms with E-state index in [1.54, 1.807) is 0 Å². The molecule has 0 radical (unpaired) electrons. The van der Waals surface area contributed by atoms with Crippen molar-refractivity contribution in [2.45, 2.75) is 65.2 Å². The summed E-state index contributed by atoms with van der Waals surface area (Å²) in [6.07, 6.45) is 6.77. The fourth-order valence-corrected chi connectivity index (χ4v) is 3.33. The summed E-state index contributed by atoms with van der Waals surface area (Å²) >= 11 is 0. The molecule has 3 N–H and O–H groups in total. The molecule has 3 rings (SSSR count). The number of nitrogens with one attached hydrogen (secondary N) is 1. The molecule has 1 aromatic heterocycles. The minimum absolute atomic E-state index is 0.325. The van der Waals surface area contributed by atoms with Gasteiger partial charge in [-0.05, 0) is 54.5 Å². The van der Waals surface area contributed by atoms with Crippen molar-refractivity contribution in [3.8, 4) is 0 Å². The maximum absolute atomic E-state index is 6.10. The number of aromatic nitrogens is 1. The molecule has 0 aliphatic carbocycles. The molecular weight excluding hydrogens is 258 g/mol. The number of hydrogen-bond acceptors (Lipinski definition) is 2. The molecule has 0 fully saturated rings. The Hall–Kier alpha value is -1.32. The lowest BCUT2D eigenvalue weighted by Crippen LogP contribution is -2.18. The first-order valence-electron chi connectivity index (χ1n) is 8.32. The summed E-state index contributed by atoms with van der Waals surface area (Å²) in [6, 6.07) is 5.12. The van der Waals surface area contributed by atoms with Crippen molar-refractivity contribution in [2.24, 2.45) is 5.73 Å². The Morgan fingerprint density at radius 3 is 2.71 bits per heavy atom. The zero-order valence-corrected chi connectivity index (χ0v) is 13.3. The minimum Gasteiger partial charge on any atom is -0.347 e. The van der Waals surface area contributed by atoms with Gasteiger partial charge in [-0.25, -0.2) is 0 Å². The van der Waals surface area contributed by atoms with Crippen LogP contribution in [-0.2, 0) is 26.1 Å². The summed E-state index contributed by atoms with van der Waals surface area (Å²) in [7, 11) is 0. The highest BCUT2D eigenvalue weighted by atomic mass is 15.0. The highest BCUT2D eigenvalue weighted by Crippen LogP contribution is 2.29. The summed E-state index contributed by atoms with van der Waals surface area (Å²) < 4.78 is 2.43. The molecular formula is C18H27N3. The molecule has 2 heterocycles. The molecule has 114 valence electrons. The average molecular weight is 285 g/mol. The zero-order valence-electron chi connectivity index (χ0n) is 13.3. The second-order valence-electron chi connectivity index (χ2n) is 6.30. The van der Waals surface area contributed by atoms with Crippen LogP contribution in [0.5, 0.6) is 0 Å². The Morgan fingerprint density at radius 1 is 1.24 bits per heavy atom. The van der Waals surface area contributed by atoms with E-state index in [1.807, 2.05) is 0 Å². The molecule has 0 amide bonds. The molecule has 1 atom stereocenters. The molecule has 0 saturated heterocycles. The lowest BCUT2D eigenvalue weighted by atomic mass is 10.0. The van der Waals surface area contributed by atoms with Crippen molar-refractivity contribution in [2.75, 3.05) is 0 Å². The van der Waals surface area contributed by atoms with E-state index in [2.05, 4.69) is 42.1 Å². The van der Waals surface area contributed by atoms with Crippen LogP contribution in [0.25, 0.3) is 10.9 Å². The van der Waals surface area contributed by atoms with Crippen LogP contribution in [-0.4, -0.2) is 10.6 Å². The molecule has 1 aliphatic rings. The van der Waals surface area contributed by atoms with Gasteiger partial charge >= 0.3 is 0 Å². The Balaban J connectivity index is 1.98. The van der Waals surface area contributed by atoms with Crippen LogP contribution in [0.3, 0.4) is 0 Å². The fraction of sp³-hybridized carbons (Fsp3) is 0.556. The van der Waals surface area contributed by atoms with E-state index >= 15 is 0 Å². The number of aryl methyl sites for hydroxylation is 2. The first-order chi connectivity index (χ1) is 10.2. The third-order valence-electron chi connectivity index (χ3n) is 4.69. The molecule has 3 heteroatoms.